The lowest BCUT2D eigenvalue weighted by molar-refractivity contribution is -0.156. The van der Waals surface area contributed by atoms with Crippen molar-refractivity contribution in [3.8, 4) is 11.1 Å². The number of esters is 1. The molecule has 37 heavy (non-hydrogen) atoms. The normalized spacial score (nSPS) is 11.8. The van der Waals surface area contributed by atoms with Crippen LogP contribution in [0.2, 0.25) is 5.02 Å². The van der Waals surface area contributed by atoms with E-state index in [-0.39, 0.29) is 25.5 Å². The van der Waals surface area contributed by atoms with Gasteiger partial charge in [0.15, 0.2) is 6.10 Å². The zero-order valence-corrected chi connectivity index (χ0v) is 20.4. The number of amides is 1. The second-order valence-corrected chi connectivity index (χ2v) is 8.65. The Bertz CT molecular complexity index is 1400. The van der Waals surface area contributed by atoms with Crippen molar-refractivity contribution >= 4 is 23.5 Å². The van der Waals surface area contributed by atoms with E-state index in [2.05, 4.69) is 5.43 Å². The maximum absolute atomic E-state index is 12.6. The summed E-state index contributed by atoms with van der Waals surface area (Å²) in [5.74, 6) is -1.81. The number of aromatic amines is 1. The van der Waals surface area contributed by atoms with Gasteiger partial charge in [0.05, 0.1) is 12.6 Å². The van der Waals surface area contributed by atoms with E-state index >= 15 is 0 Å². The molecule has 0 aliphatic heterocycles. The van der Waals surface area contributed by atoms with Crippen molar-refractivity contribution in [2.45, 2.75) is 19.3 Å². The highest BCUT2D eigenvalue weighted by molar-refractivity contribution is 6.30. The maximum Gasteiger partial charge on any atom is 0.336 e. The zero-order chi connectivity index (χ0) is 26.2. The molecule has 3 aromatic carbocycles. The average Bonchev–Trinajstić information content (AvgIpc) is 3.34. The molecule has 1 aromatic heterocycles. The molecule has 0 unspecified atom stereocenters. The first kappa shape index (κ1) is 25.9. The number of nitrogens with one attached hydrogen (secondary N) is 2. The summed E-state index contributed by atoms with van der Waals surface area (Å²) in [5.41, 5.74) is 5.44. The molecule has 0 saturated heterocycles. The Hall–Kier alpha value is -4.18. The molecule has 0 aliphatic rings. The van der Waals surface area contributed by atoms with Crippen molar-refractivity contribution < 1.29 is 24.0 Å². The Morgan fingerprint density at radius 3 is 2.41 bits per heavy atom. The number of aliphatic hydroxyl groups is 1. The number of hydrogen-bond donors (Lipinski definition) is 3. The Morgan fingerprint density at radius 1 is 0.973 bits per heavy atom. The Labute approximate surface area is 217 Å². The number of carbonyl (C=O) groups excluding carboxylic acids is 2. The molecule has 1 atom stereocenters. The van der Waals surface area contributed by atoms with E-state index in [1.54, 1.807) is 18.2 Å². The SMILES string of the molecule is O=C(NN(Cc1ccc(-c2cccc(Cl)c2)cc1)C[C@@H](O)C(=O)OCc1ccccc1)c1cc(=O)[nH]o1. The number of benzene rings is 3. The summed E-state index contributed by atoms with van der Waals surface area (Å²) in [6.07, 6.45) is -1.55. The molecule has 0 saturated carbocycles. The van der Waals surface area contributed by atoms with Gasteiger partial charge in [-0.25, -0.2) is 9.80 Å². The van der Waals surface area contributed by atoms with Gasteiger partial charge in [0.2, 0.25) is 5.76 Å². The van der Waals surface area contributed by atoms with E-state index < -0.39 is 23.5 Å². The molecular weight excluding hydrogens is 498 g/mol. The van der Waals surface area contributed by atoms with Crippen molar-refractivity contribution in [1.82, 2.24) is 15.6 Å². The Morgan fingerprint density at radius 2 is 1.73 bits per heavy atom. The van der Waals surface area contributed by atoms with Gasteiger partial charge < -0.3 is 14.4 Å². The molecule has 0 fully saturated rings. The third-order valence-corrected chi connectivity index (χ3v) is 5.62. The van der Waals surface area contributed by atoms with Crippen molar-refractivity contribution in [1.29, 1.82) is 0 Å². The second kappa shape index (κ2) is 12.2. The van der Waals surface area contributed by atoms with Crippen LogP contribution in [0.4, 0.5) is 0 Å². The Kier molecular flexibility index (Phi) is 8.52. The monoisotopic (exact) mass is 521 g/mol. The molecule has 0 radical (unpaired) electrons. The number of hydrazine groups is 1. The summed E-state index contributed by atoms with van der Waals surface area (Å²) in [6, 6.07) is 25.0. The summed E-state index contributed by atoms with van der Waals surface area (Å²) < 4.78 is 10.1. The molecule has 3 N–H and O–H groups in total. The number of H-pyrrole nitrogens is 1. The lowest BCUT2D eigenvalue weighted by Crippen LogP contribution is -2.47. The summed E-state index contributed by atoms with van der Waals surface area (Å²) in [7, 11) is 0. The van der Waals surface area contributed by atoms with Gasteiger partial charge in [-0.2, -0.15) is 5.16 Å². The summed E-state index contributed by atoms with van der Waals surface area (Å²) in [5, 5.41) is 14.5. The molecule has 9 nitrogen and oxygen atoms in total. The molecule has 190 valence electrons. The minimum atomic E-state index is -1.55. The van der Waals surface area contributed by atoms with Crippen molar-refractivity contribution in [2.75, 3.05) is 6.54 Å². The van der Waals surface area contributed by atoms with E-state index in [1.165, 1.54) is 5.01 Å². The van der Waals surface area contributed by atoms with Gasteiger partial charge in [-0.15, -0.1) is 0 Å². The molecular formula is C27H24ClN3O6. The van der Waals surface area contributed by atoms with Gasteiger partial charge in [0.1, 0.15) is 6.61 Å². The molecule has 4 aromatic rings. The minimum absolute atomic E-state index is 0.00254. The highest BCUT2D eigenvalue weighted by Gasteiger charge is 2.23. The van der Waals surface area contributed by atoms with E-state index in [0.717, 1.165) is 28.3 Å². The van der Waals surface area contributed by atoms with Crippen molar-refractivity contribution in [2.24, 2.45) is 0 Å². The topological polar surface area (TPSA) is 125 Å². The fraction of sp³-hybridized carbons (Fsp3) is 0.148. The average molecular weight is 522 g/mol. The van der Waals surface area contributed by atoms with E-state index in [0.29, 0.717) is 5.02 Å². The minimum Gasteiger partial charge on any atom is -0.459 e. The molecule has 0 spiro atoms. The number of ether oxygens (including phenoxy) is 1. The molecule has 1 heterocycles. The zero-order valence-electron chi connectivity index (χ0n) is 19.6. The number of aliphatic hydroxyl groups excluding tert-OH is 1. The highest BCUT2D eigenvalue weighted by atomic mass is 35.5. The lowest BCUT2D eigenvalue weighted by atomic mass is 10.0. The van der Waals surface area contributed by atoms with Crippen LogP contribution in [0, 0.1) is 0 Å². The fourth-order valence-electron chi connectivity index (χ4n) is 3.54. The Balaban J connectivity index is 1.45. The summed E-state index contributed by atoms with van der Waals surface area (Å²) in [4.78, 5) is 36.3. The highest BCUT2D eigenvalue weighted by Crippen LogP contribution is 2.23. The van der Waals surface area contributed by atoms with Crippen LogP contribution in [-0.2, 0) is 22.7 Å². The van der Waals surface area contributed by atoms with Crippen LogP contribution in [0.1, 0.15) is 21.7 Å². The van der Waals surface area contributed by atoms with Gasteiger partial charge in [-0.05, 0) is 34.4 Å². The molecule has 4 rings (SSSR count). The molecule has 0 bridgehead atoms. The predicted molar refractivity (Wildman–Crippen MR) is 136 cm³/mol. The van der Waals surface area contributed by atoms with Gasteiger partial charge >= 0.3 is 11.9 Å². The summed E-state index contributed by atoms with van der Waals surface area (Å²) >= 11 is 6.09. The largest absolute Gasteiger partial charge is 0.459 e. The quantitative estimate of drug-likeness (QED) is 0.215. The number of halogens is 1. The van der Waals surface area contributed by atoms with Crippen molar-refractivity contribution in [3.05, 3.63) is 117 Å². The van der Waals surface area contributed by atoms with Crippen molar-refractivity contribution in [3.63, 3.8) is 0 Å². The van der Waals surface area contributed by atoms with E-state index in [4.69, 9.17) is 20.9 Å². The number of nitrogens with zero attached hydrogens (tertiary/aromatic N) is 1. The smallest absolute Gasteiger partial charge is 0.336 e. The fourth-order valence-corrected chi connectivity index (χ4v) is 3.73. The third kappa shape index (κ3) is 7.40. The van der Waals surface area contributed by atoms with E-state index in [1.807, 2.05) is 65.8 Å². The first-order valence-corrected chi connectivity index (χ1v) is 11.7. The van der Waals surface area contributed by atoms with Gasteiger partial charge in [0, 0.05) is 11.6 Å². The van der Waals surface area contributed by atoms with Gasteiger partial charge in [0.25, 0.3) is 5.56 Å². The third-order valence-electron chi connectivity index (χ3n) is 5.38. The second-order valence-electron chi connectivity index (χ2n) is 8.21. The number of aromatic nitrogens is 1. The first-order chi connectivity index (χ1) is 17.9. The van der Waals surface area contributed by atoms with Gasteiger partial charge in [-0.3, -0.25) is 15.0 Å². The van der Waals surface area contributed by atoms with Crippen LogP contribution in [0.25, 0.3) is 11.1 Å². The number of hydrogen-bond acceptors (Lipinski definition) is 7. The molecule has 1 amide bonds. The van der Waals surface area contributed by atoms with Crippen LogP contribution < -0.4 is 11.0 Å². The van der Waals surface area contributed by atoms with Crippen LogP contribution in [0.15, 0.2) is 94.2 Å². The predicted octanol–water partition coefficient (Wildman–Crippen LogP) is 3.54. The van der Waals surface area contributed by atoms with Crippen LogP contribution >= 0.6 is 11.6 Å². The standard InChI is InChI=1S/C27H24ClN3O6/c28-22-8-4-7-21(13-22)20-11-9-18(10-12-20)15-31(29-26(34)24-14-25(33)30-37-24)16-23(32)27(35)36-17-19-5-2-1-3-6-19/h1-14,23,32H,15-17H2,(H,29,34)(H,30,33)/t23-/m1/s1. The lowest BCUT2D eigenvalue weighted by Gasteiger charge is -2.24. The molecule has 10 heteroatoms. The van der Waals surface area contributed by atoms with Crippen LogP contribution in [-0.4, -0.2) is 39.8 Å². The maximum atomic E-state index is 12.6. The van der Waals surface area contributed by atoms with Crippen LogP contribution in [0.5, 0.6) is 0 Å². The van der Waals surface area contributed by atoms with Crippen LogP contribution in [0.3, 0.4) is 0 Å². The number of carbonyl (C=O) groups is 2. The number of rotatable bonds is 10. The molecule has 0 aliphatic carbocycles. The summed E-state index contributed by atoms with van der Waals surface area (Å²) in [6.45, 7) is -0.133. The van der Waals surface area contributed by atoms with E-state index in [9.17, 15) is 19.5 Å². The van der Waals surface area contributed by atoms with Gasteiger partial charge in [-0.1, -0.05) is 78.3 Å². The first-order valence-electron chi connectivity index (χ1n) is 11.4.